The molecule has 0 unspecified atom stereocenters. The zero-order chi connectivity index (χ0) is 18.6. The maximum atomic E-state index is 5.42. The molecule has 0 bridgehead atoms. The fraction of sp³-hybridized carbons (Fsp3) is 0.200. The van der Waals surface area contributed by atoms with Crippen molar-refractivity contribution in [3.05, 3.63) is 71.9 Å². The van der Waals surface area contributed by atoms with Gasteiger partial charge in [-0.3, -0.25) is 9.88 Å². The SMILES string of the molecule is Cc1ccccc1-c1noc(CN(C)Cc2cc(-c3ccccn3)no2)n1. The summed E-state index contributed by atoms with van der Waals surface area (Å²) in [5.74, 6) is 1.91. The maximum Gasteiger partial charge on any atom is 0.241 e. The molecule has 0 spiro atoms. The lowest BCUT2D eigenvalue weighted by molar-refractivity contribution is 0.234. The molecule has 27 heavy (non-hydrogen) atoms. The smallest absolute Gasteiger partial charge is 0.241 e. The van der Waals surface area contributed by atoms with E-state index in [1.807, 2.05) is 67.4 Å². The van der Waals surface area contributed by atoms with Gasteiger partial charge in [-0.15, -0.1) is 0 Å². The van der Waals surface area contributed by atoms with Crippen molar-refractivity contribution in [1.82, 2.24) is 25.2 Å². The van der Waals surface area contributed by atoms with Gasteiger partial charge in [-0.05, 0) is 31.7 Å². The predicted octanol–water partition coefficient (Wildman–Crippen LogP) is 3.73. The molecule has 3 aromatic heterocycles. The minimum Gasteiger partial charge on any atom is -0.359 e. The van der Waals surface area contributed by atoms with E-state index < -0.39 is 0 Å². The summed E-state index contributed by atoms with van der Waals surface area (Å²) in [5, 5.41) is 8.18. The maximum absolute atomic E-state index is 5.42. The third-order valence-corrected chi connectivity index (χ3v) is 4.17. The molecule has 3 heterocycles. The third kappa shape index (κ3) is 3.93. The van der Waals surface area contributed by atoms with E-state index in [0.717, 1.165) is 28.3 Å². The normalized spacial score (nSPS) is 11.2. The van der Waals surface area contributed by atoms with Crippen molar-refractivity contribution in [3.63, 3.8) is 0 Å². The summed E-state index contributed by atoms with van der Waals surface area (Å²) in [6.45, 7) is 3.11. The van der Waals surface area contributed by atoms with Gasteiger partial charge in [0.05, 0.1) is 18.8 Å². The van der Waals surface area contributed by atoms with E-state index >= 15 is 0 Å². The topological polar surface area (TPSA) is 81.1 Å². The number of benzene rings is 1. The summed E-state index contributed by atoms with van der Waals surface area (Å²) < 4.78 is 10.8. The number of rotatable bonds is 6. The van der Waals surface area contributed by atoms with Gasteiger partial charge >= 0.3 is 0 Å². The molecule has 136 valence electrons. The van der Waals surface area contributed by atoms with E-state index in [-0.39, 0.29) is 0 Å². The van der Waals surface area contributed by atoms with E-state index in [0.29, 0.717) is 24.8 Å². The lowest BCUT2D eigenvalue weighted by Gasteiger charge is -2.10. The van der Waals surface area contributed by atoms with Gasteiger partial charge in [-0.2, -0.15) is 4.98 Å². The molecule has 0 aliphatic rings. The highest BCUT2D eigenvalue weighted by Gasteiger charge is 2.14. The van der Waals surface area contributed by atoms with Crippen molar-refractivity contribution in [2.45, 2.75) is 20.0 Å². The lowest BCUT2D eigenvalue weighted by atomic mass is 10.1. The fourth-order valence-electron chi connectivity index (χ4n) is 2.83. The predicted molar refractivity (Wildman–Crippen MR) is 99.4 cm³/mol. The van der Waals surface area contributed by atoms with Crippen LogP contribution in [0, 0.1) is 6.92 Å². The summed E-state index contributed by atoms with van der Waals surface area (Å²) in [4.78, 5) is 10.8. The Morgan fingerprint density at radius 1 is 0.926 bits per heavy atom. The first-order valence-corrected chi connectivity index (χ1v) is 8.63. The first kappa shape index (κ1) is 17.1. The molecule has 0 atom stereocenters. The van der Waals surface area contributed by atoms with E-state index in [2.05, 4.69) is 20.3 Å². The zero-order valence-electron chi connectivity index (χ0n) is 15.2. The average Bonchev–Trinajstić information content (AvgIpc) is 3.33. The summed E-state index contributed by atoms with van der Waals surface area (Å²) in [5.41, 5.74) is 3.60. The van der Waals surface area contributed by atoms with Crippen LogP contribution in [0.3, 0.4) is 0 Å². The van der Waals surface area contributed by atoms with Gasteiger partial charge in [-0.25, -0.2) is 0 Å². The largest absolute Gasteiger partial charge is 0.359 e. The summed E-state index contributed by atoms with van der Waals surface area (Å²) >= 11 is 0. The van der Waals surface area contributed by atoms with Crippen molar-refractivity contribution >= 4 is 0 Å². The molecule has 0 N–H and O–H groups in total. The summed E-state index contributed by atoms with van der Waals surface area (Å²) in [6, 6.07) is 15.6. The Balaban J connectivity index is 1.41. The van der Waals surface area contributed by atoms with Gasteiger partial charge in [0.1, 0.15) is 5.69 Å². The Hall–Kier alpha value is -3.32. The molecule has 0 aliphatic carbocycles. The third-order valence-electron chi connectivity index (χ3n) is 4.17. The van der Waals surface area contributed by atoms with Crippen LogP contribution >= 0.6 is 0 Å². The van der Waals surface area contributed by atoms with Crippen LogP contribution in [0.15, 0.2) is 63.8 Å². The molecule has 7 nitrogen and oxygen atoms in total. The van der Waals surface area contributed by atoms with Crippen LogP contribution in [-0.2, 0) is 13.1 Å². The van der Waals surface area contributed by atoms with Gasteiger partial charge in [0.15, 0.2) is 5.76 Å². The van der Waals surface area contributed by atoms with E-state index in [1.54, 1.807) is 6.20 Å². The van der Waals surface area contributed by atoms with Crippen molar-refractivity contribution in [2.75, 3.05) is 7.05 Å². The Labute approximate surface area is 156 Å². The van der Waals surface area contributed by atoms with E-state index in [9.17, 15) is 0 Å². The van der Waals surface area contributed by atoms with Gasteiger partial charge in [0.2, 0.25) is 11.7 Å². The Morgan fingerprint density at radius 3 is 2.59 bits per heavy atom. The molecular formula is C20H19N5O2. The lowest BCUT2D eigenvalue weighted by Crippen LogP contribution is -2.17. The summed E-state index contributed by atoms with van der Waals surface area (Å²) in [6.07, 6.45) is 1.73. The number of pyridine rings is 1. The fourth-order valence-corrected chi connectivity index (χ4v) is 2.83. The number of hydrogen-bond acceptors (Lipinski definition) is 7. The van der Waals surface area contributed by atoms with Gasteiger partial charge < -0.3 is 9.05 Å². The van der Waals surface area contributed by atoms with Crippen LogP contribution in [0.1, 0.15) is 17.2 Å². The van der Waals surface area contributed by atoms with Crippen LogP contribution in [0.25, 0.3) is 22.8 Å². The molecule has 0 fully saturated rings. The number of nitrogens with zero attached hydrogens (tertiary/aromatic N) is 5. The van der Waals surface area contributed by atoms with E-state index in [4.69, 9.17) is 9.05 Å². The van der Waals surface area contributed by atoms with Gasteiger partial charge in [0.25, 0.3) is 0 Å². The first-order chi connectivity index (χ1) is 13.2. The molecule has 0 aliphatic heterocycles. The molecule has 1 aromatic carbocycles. The van der Waals surface area contributed by atoms with Crippen LogP contribution in [0.4, 0.5) is 0 Å². The molecule has 0 saturated carbocycles. The van der Waals surface area contributed by atoms with Gasteiger partial charge in [0, 0.05) is 17.8 Å². The van der Waals surface area contributed by atoms with Crippen molar-refractivity contribution < 1.29 is 9.05 Å². The Kier molecular flexibility index (Phi) is 4.76. The van der Waals surface area contributed by atoms with Crippen LogP contribution in [0.2, 0.25) is 0 Å². The zero-order valence-corrected chi connectivity index (χ0v) is 15.2. The number of aromatic nitrogens is 4. The molecule has 4 aromatic rings. The second kappa shape index (κ2) is 7.51. The van der Waals surface area contributed by atoms with Gasteiger partial charge in [-0.1, -0.05) is 40.6 Å². The highest BCUT2D eigenvalue weighted by molar-refractivity contribution is 5.59. The standard InChI is InChI=1S/C20H19N5O2/c1-14-7-3-4-8-16(14)20-22-19(27-24-20)13-25(2)12-15-11-18(23-26-15)17-9-5-6-10-21-17/h3-11H,12-13H2,1-2H3. The quantitative estimate of drug-likeness (QED) is 0.517. The number of hydrogen-bond donors (Lipinski definition) is 0. The Morgan fingerprint density at radius 2 is 1.78 bits per heavy atom. The van der Waals surface area contributed by atoms with Crippen molar-refractivity contribution in [3.8, 4) is 22.8 Å². The molecule has 0 amide bonds. The monoisotopic (exact) mass is 361 g/mol. The number of aryl methyl sites for hydroxylation is 1. The Bertz CT molecular complexity index is 1030. The van der Waals surface area contributed by atoms with Crippen LogP contribution in [0.5, 0.6) is 0 Å². The van der Waals surface area contributed by atoms with Crippen molar-refractivity contribution in [2.24, 2.45) is 0 Å². The molecule has 0 radical (unpaired) electrons. The van der Waals surface area contributed by atoms with Crippen LogP contribution in [-0.4, -0.2) is 32.2 Å². The summed E-state index contributed by atoms with van der Waals surface area (Å²) in [7, 11) is 1.96. The van der Waals surface area contributed by atoms with E-state index in [1.165, 1.54) is 0 Å². The second-order valence-corrected chi connectivity index (χ2v) is 6.39. The minimum atomic E-state index is 0.512. The molecular weight excluding hydrogens is 342 g/mol. The second-order valence-electron chi connectivity index (χ2n) is 6.39. The average molecular weight is 361 g/mol. The molecule has 0 saturated heterocycles. The minimum absolute atomic E-state index is 0.512. The van der Waals surface area contributed by atoms with Crippen molar-refractivity contribution in [1.29, 1.82) is 0 Å². The molecule has 4 rings (SSSR count). The van der Waals surface area contributed by atoms with Crippen LogP contribution < -0.4 is 0 Å². The first-order valence-electron chi connectivity index (χ1n) is 8.63. The highest BCUT2D eigenvalue weighted by Crippen LogP contribution is 2.21. The highest BCUT2D eigenvalue weighted by atomic mass is 16.5. The molecule has 7 heteroatoms.